The minimum Gasteiger partial charge on any atom is -0.336 e. The second-order valence-corrected chi connectivity index (χ2v) is 6.69. The van der Waals surface area contributed by atoms with Gasteiger partial charge in [0.1, 0.15) is 0 Å². The summed E-state index contributed by atoms with van der Waals surface area (Å²) in [5.74, 6) is 0.484. The zero-order chi connectivity index (χ0) is 11.1. The lowest BCUT2D eigenvalue weighted by atomic mass is 10.0. The number of aromatic nitrogens is 2. The van der Waals surface area contributed by atoms with Crippen LogP contribution in [0.4, 0.5) is 0 Å². The fraction of sp³-hybridized carbons (Fsp3) is 0.667. The monoisotopic (exact) mass is 248 g/mol. The number of sulfone groups is 1. The molecule has 2 unspecified atom stereocenters. The minimum atomic E-state index is -2.86. The summed E-state index contributed by atoms with van der Waals surface area (Å²) in [7, 11) is -0.996. The first-order chi connectivity index (χ1) is 6.99. The SMILES string of the molecule is Cn1cncc1C(Cl)C1CCS(=O)(=O)C1. The van der Waals surface area contributed by atoms with Crippen LogP contribution >= 0.6 is 11.6 Å². The topological polar surface area (TPSA) is 52.0 Å². The zero-order valence-electron chi connectivity index (χ0n) is 8.43. The number of hydrogen-bond donors (Lipinski definition) is 0. The van der Waals surface area contributed by atoms with Crippen LogP contribution in [0, 0.1) is 5.92 Å². The maximum atomic E-state index is 11.3. The fourth-order valence-corrected chi connectivity index (χ4v) is 4.30. The van der Waals surface area contributed by atoms with E-state index in [9.17, 15) is 8.42 Å². The Labute approximate surface area is 94.2 Å². The van der Waals surface area contributed by atoms with Gasteiger partial charge in [-0.15, -0.1) is 11.6 Å². The Kier molecular flexibility index (Phi) is 2.77. The third-order valence-electron chi connectivity index (χ3n) is 2.82. The van der Waals surface area contributed by atoms with Crippen molar-refractivity contribution in [3.63, 3.8) is 0 Å². The molecule has 1 aliphatic heterocycles. The first kappa shape index (κ1) is 11.0. The van der Waals surface area contributed by atoms with E-state index in [1.807, 2.05) is 11.6 Å². The van der Waals surface area contributed by atoms with Gasteiger partial charge in [-0.3, -0.25) is 0 Å². The molecule has 2 heterocycles. The summed E-state index contributed by atoms with van der Waals surface area (Å²) in [6.45, 7) is 0. The molecule has 1 aliphatic rings. The molecule has 1 saturated heterocycles. The second kappa shape index (κ2) is 3.79. The van der Waals surface area contributed by atoms with Crippen molar-refractivity contribution in [2.45, 2.75) is 11.8 Å². The lowest BCUT2D eigenvalue weighted by molar-refractivity contribution is 0.550. The van der Waals surface area contributed by atoms with Gasteiger partial charge < -0.3 is 4.57 Å². The molecule has 2 rings (SSSR count). The van der Waals surface area contributed by atoms with Gasteiger partial charge >= 0.3 is 0 Å². The number of halogens is 1. The Balaban J connectivity index is 2.17. The van der Waals surface area contributed by atoms with Gasteiger partial charge in [0.25, 0.3) is 0 Å². The van der Waals surface area contributed by atoms with Crippen LogP contribution in [-0.4, -0.2) is 29.5 Å². The molecule has 0 bridgehead atoms. The molecular weight excluding hydrogens is 236 g/mol. The molecule has 15 heavy (non-hydrogen) atoms. The summed E-state index contributed by atoms with van der Waals surface area (Å²) in [5.41, 5.74) is 0.888. The predicted molar refractivity (Wildman–Crippen MR) is 58.6 cm³/mol. The van der Waals surface area contributed by atoms with Crippen molar-refractivity contribution in [3.05, 3.63) is 18.2 Å². The summed E-state index contributed by atoms with van der Waals surface area (Å²) in [6.07, 6.45) is 4.03. The van der Waals surface area contributed by atoms with Crippen molar-refractivity contribution in [1.29, 1.82) is 0 Å². The van der Waals surface area contributed by atoms with E-state index in [0.29, 0.717) is 6.42 Å². The molecule has 1 aromatic rings. The first-order valence-corrected chi connectivity index (χ1v) is 7.06. The number of imidazole rings is 1. The molecule has 2 atom stereocenters. The molecule has 0 aromatic carbocycles. The van der Waals surface area contributed by atoms with Gasteiger partial charge in [0.05, 0.1) is 28.9 Å². The van der Waals surface area contributed by atoms with Gasteiger partial charge in [-0.05, 0) is 12.3 Å². The van der Waals surface area contributed by atoms with Crippen LogP contribution in [0.25, 0.3) is 0 Å². The highest BCUT2D eigenvalue weighted by molar-refractivity contribution is 7.91. The Morgan fingerprint density at radius 2 is 2.40 bits per heavy atom. The van der Waals surface area contributed by atoms with Gasteiger partial charge in [-0.25, -0.2) is 13.4 Å². The largest absolute Gasteiger partial charge is 0.336 e. The summed E-state index contributed by atoms with van der Waals surface area (Å²) in [4.78, 5) is 3.98. The van der Waals surface area contributed by atoms with Crippen molar-refractivity contribution in [1.82, 2.24) is 9.55 Å². The molecule has 0 amide bonds. The van der Waals surface area contributed by atoms with E-state index in [4.69, 9.17) is 11.6 Å². The second-order valence-electron chi connectivity index (χ2n) is 3.99. The third-order valence-corrected chi connectivity index (χ3v) is 5.19. The number of alkyl halides is 1. The van der Waals surface area contributed by atoms with E-state index in [0.717, 1.165) is 5.69 Å². The Bertz CT molecular complexity index is 454. The maximum Gasteiger partial charge on any atom is 0.150 e. The van der Waals surface area contributed by atoms with Gasteiger partial charge in [-0.2, -0.15) is 0 Å². The summed E-state index contributed by atoms with van der Waals surface area (Å²) >= 11 is 6.26. The first-order valence-electron chi connectivity index (χ1n) is 4.80. The van der Waals surface area contributed by atoms with Crippen LogP contribution in [-0.2, 0) is 16.9 Å². The van der Waals surface area contributed by atoms with Crippen molar-refractivity contribution in [2.24, 2.45) is 13.0 Å². The van der Waals surface area contributed by atoms with Crippen LogP contribution in [0.3, 0.4) is 0 Å². The molecule has 0 aliphatic carbocycles. The lowest BCUT2D eigenvalue weighted by Gasteiger charge is -2.15. The molecule has 4 nitrogen and oxygen atoms in total. The fourth-order valence-electron chi connectivity index (χ4n) is 1.93. The van der Waals surface area contributed by atoms with Crippen LogP contribution in [0.1, 0.15) is 17.5 Å². The van der Waals surface area contributed by atoms with Gasteiger partial charge in [0.2, 0.25) is 0 Å². The Hall–Kier alpha value is -0.550. The van der Waals surface area contributed by atoms with Crippen LogP contribution in [0.2, 0.25) is 0 Å². The smallest absolute Gasteiger partial charge is 0.150 e. The van der Waals surface area contributed by atoms with Crippen LogP contribution < -0.4 is 0 Å². The van der Waals surface area contributed by atoms with Crippen LogP contribution in [0.5, 0.6) is 0 Å². The standard InChI is InChI=1S/C9H13ClN2O2S/c1-12-6-11-4-8(12)9(10)7-2-3-15(13,14)5-7/h4,6-7,9H,2-3,5H2,1H3. The van der Waals surface area contributed by atoms with Crippen molar-refractivity contribution in [2.75, 3.05) is 11.5 Å². The molecule has 0 spiro atoms. The molecule has 1 aromatic heterocycles. The van der Waals surface area contributed by atoms with Crippen molar-refractivity contribution in [3.8, 4) is 0 Å². The molecule has 0 N–H and O–H groups in total. The highest BCUT2D eigenvalue weighted by Gasteiger charge is 2.34. The van der Waals surface area contributed by atoms with E-state index in [-0.39, 0.29) is 22.8 Å². The quantitative estimate of drug-likeness (QED) is 0.738. The van der Waals surface area contributed by atoms with Gasteiger partial charge in [0.15, 0.2) is 9.84 Å². The molecule has 6 heteroatoms. The number of aryl methyl sites for hydroxylation is 1. The molecule has 0 saturated carbocycles. The van der Waals surface area contributed by atoms with Crippen LogP contribution in [0.15, 0.2) is 12.5 Å². The van der Waals surface area contributed by atoms with E-state index >= 15 is 0 Å². The number of nitrogens with zero attached hydrogens (tertiary/aromatic N) is 2. The minimum absolute atomic E-state index is 0.0204. The zero-order valence-corrected chi connectivity index (χ0v) is 10.0. The summed E-state index contributed by atoms with van der Waals surface area (Å²) in [5, 5.41) is -0.255. The van der Waals surface area contributed by atoms with E-state index < -0.39 is 9.84 Å². The molecular formula is C9H13ClN2O2S. The van der Waals surface area contributed by atoms with E-state index in [2.05, 4.69) is 4.98 Å². The summed E-state index contributed by atoms with van der Waals surface area (Å²) in [6, 6.07) is 0. The lowest BCUT2D eigenvalue weighted by Crippen LogP contribution is -2.12. The molecule has 1 fully saturated rings. The molecule has 0 radical (unpaired) electrons. The normalized spacial score (nSPS) is 26.7. The average Bonchev–Trinajstić information content (AvgIpc) is 2.71. The predicted octanol–water partition coefficient (Wildman–Crippen LogP) is 1.13. The number of hydrogen-bond acceptors (Lipinski definition) is 3. The maximum absolute atomic E-state index is 11.3. The van der Waals surface area contributed by atoms with E-state index in [1.54, 1.807) is 12.5 Å². The van der Waals surface area contributed by atoms with Gasteiger partial charge in [-0.1, -0.05) is 0 Å². The Morgan fingerprint density at radius 1 is 1.67 bits per heavy atom. The highest BCUT2D eigenvalue weighted by Crippen LogP contribution is 2.35. The summed E-state index contributed by atoms with van der Waals surface area (Å²) < 4.78 is 24.5. The molecule has 84 valence electrons. The van der Waals surface area contributed by atoms with Crippen molar-refractivity contribution >= 4 is 21.4 Å². The van der Waals surface area contributed by atoms with E-state index in [1.165, 1.54) is 0 Å². The highest BCUT2D eigenvalue weighted by atomic mass is 35.5. The number of rotatable bonds is 2. The van der Waals surface area contributed by atoms with Crippen molar-refractivity contribution < 1.29 is 8.42 Å². The van der Waals surface area contributed by atoms with Gasteiger partial charge in [0, 0.05) is 13.2 Å². The third kappa shape index (κ3) is 2.18. The average molecular weight is 249 g/mol. The Morgan fingerprint density at radius 3 is 2.87 bits per heavy atom.